The van der Waals surface area contributed by atoms with E-state index in [-0.39, 0.29) is 110 Å². The summed E-state index contributed by atoms with van der Waals surface area (Å²) in [5.74, 6) is -1.97. The fraction of sp³-hybridized carbons (Fsp3) is 0.562. The van der Waals surface area contributed by atoms with Crippen molar-refractivity contribution in [3.05, 3.63) is 115 Å². The summed E-state index contributed by atoms with van der Waals surface area (Å²) >= 11 is 0. The summed E-state index contributed by atoms with van der Waals surface area (Å²) in [4.78, 5) is 55.2. The Labute approximate surface area is 463 Å². The average Bonchev–Trinajstić information content (AvgIpc) is 3.33. The zero-order chi connectivity index (χ0) is 57.7. The van der Waals surface area contributed by atoms with Crippen molar-refractivity contribution in [1.29, 1.82) is 0 Å². The molecule has 0 unspecified atom stereocenters. The van der Waals surface area contributed by atoms with Crippen LogP contribution in [0.3, 0.4) is 0 Å². The molecule has 4 aromatic rings. The van der Waals surface area contributed by atoms with E-state index in [4.69, 9.17) is 28.4 Å². The molecular formula is C64H88N2O12. The molecule has 4 aromatic carbocycles. The number of rotatable bonds is 2. The van der Waals surface area contributed by atoms with Crippen LogP contribution in [0, 0.1) is 11.8 Å². The number of carbonyl (C=O) groups excluding carboxylic acids is 4. The minimum atomic E-state index is -0.989. The van der Waals surface area contributed by atoms with Gasteiger partial charge in [0, 0.05) is 25.7 Å². The number of fused-ring (bicyclic) bond motifs is 2. The Morgan fingerprint density at radius 1 is 0.397 bits per heavy atom. The molecule has 1 aliphatic heterocycles. The minimum absolute atomic E-state index is 0.0624. The van der Waals surface area contributed by atoms with Gasteiger partial charge in [-0.05, 0) is 100 Å². The van der Waals surface area contributed by atoms with Crippen molar-refractivity contribution in [2.24, 2.45) is 11.8 Å². The third kappa shape index (κ3) is 15.8. The Morgan fingerprint density at radius 3 is 0.885 bits per heavy atom. The summed E-state index contributed by atoms with van der Waals surface area (Å²) in [5, 5.41) is 31.2. The maximum Gasteiger partial charge on any atom is 0.328 e. The summed E-state index contributed by atoms with van der Waals surface area (Å²) in [6.45, 7) is 32.3. The largest absolute Gasteiger partial charge is 0.507 e. The fourth-order valence-electron chi connectivity index (χ4n) is 9.62. The number of ether oxygens (including phenoxy) is 6. The van der Waals surface area contributed by atoms with Crippen molar-refractivity contribution in [1.82, 2.24) is 10.6 Å². The van der Waals surface area contributed by atoms with Gasteiger partial charge < -0.3 is 49.3 Å². The number of aromatic hydroxyl groups is 2. The number of phenols is 2. The highest BCUT2D eigenvalue weighted by Crippen LogP contribution is 2.44. The molecule has 14 heteroatoms. The third-order valence-electron chi connectivity index (χ3n) is 14.5. The molecule has 1 heterocycles. The van der Waals surface area contributed by atoms with Gasteiger partial charge >= 0.3 is 11.9 Å². The molecule has 2 atom stereocenters. The predicted octanol–water partition coefficient (Wildman–Crippen LogP) is 10.1. The minimum Gasteiger partial charge on any atom is -0.507 e. The lowest BCUT2D eigenvalue weighted by Crippen LogP contribution is -2.47. The molecule has 6 rings (SSSR count). The summed E-state index contributed by atoms with van der Waals surface area (Å²) in [6, 6.07) is 14.4. The number of amides is 2. The summed E-state index contributed by atoms with van der Waals surface area (Å²) in [6.07, 6.45) is 0.783. The maximum absolute atomic E-state index is 14.1. The quantitative estimate of drug-likeness (QED) is 0.123. The zero-order valence-corrected chi connectivity index (χ0v) is 49.4. The summed E-state index contributed by atoms with van der Waals surface area (Å²) in [7, 11) is 0. The van der Waals surface area contributed by atoms with E-state index in [0.717, 1.165) is 22.3 Å². The lowest BCUT2D eigenvalue weighted by atomic mass is 9.79. The molecule has 10 bridgehead atoms. The molecule has 0 saturated heterocycles. The highest BCUT2D eigenvalue weighted by atomic mass is 16.6. The van der Waals surface area contributed by atoms with E-state index in [1.54, 1.807) is 0 Å². The molecule has 0 radical (unpaired) electrons. The van der Waals surface area contributed by atoms with Crippen LogP contribution in [-0.4, -0.2) is 98.9 Å². The highest BCUT2D eigenvalue weighted by molar-refractivity contribution is 5.86. The lowest BCUT2D eigenvalue weighted by Gasteiger charge is -2.28. The van der Waals surface area contributed by atoms with E-state index in [1.807, 2.05) is 52.0 Å². The molecular weight excluding hydrogens is 989 g/mol. The number of cyclic esters (lactones) is 2. The van der Waals surface area contributed by atoms with E-state index in [9.17, 15) is 29.4 Å². The van der Waals surface area contributed by atoms with Gasteiger partial charge in [-0.25, -0.2) is 9.59 Å². The molecule has 2 amide bonds. The smallest absolute Gasteiger partial charge is 0.328 e. The van der Waals surface area contributed by atoms with Gasteiger partial charge in [-0.15, -0.1) is 0 Å². The van der Waals surface area contributed by atoms with Gasteiger partial charge in [0.15, 0.2) is 13.2 Å². The first kappa shape index (κ1) is 61.1. The molecule has 78 heavy (non-hydrogen) atoms. The second-order valence-electron chi connectivity index (χ2n) is 26.0. The first-order chi connectivity index (χ1) is 36.3. The lowest BCUT2D eigenvalue weighted by molar-refractivity contribution is -0.152. The summed E-state index contributed by atoms with van der Waals surface area (Å²) in [5.41, 5.74) is 7.85. The fourth-order valence-corrected chi connectivity index (χ4v) is 9.62. The van der Waals surface area contributed by atoms with Gasteiger partial charge in [0.25, 0.3) is 11.8 Å². The van der Waals surface area contributed by atoms with Gasteiger partial charge in [-0.3, -0.25) is 9.59 Å². The van der Waals surface area contributed by atoms with Crippen molar-refractivity contribution in [2.45, 2.75) is 170 Å². The van der Waals surface area contributed by atoms with Crippen LogP contribution in [0.15, 0.2) is 48.5 Å². The number of hydrogen-bond donors (Lipinski definition) is 4. The number of esters is 2. The van der Waals surface area contributed by atoms with Crippen LogP contribution in [0.5, 0.6) is 23.0 Å². The van der Waals surface area contributed by atoms with Crippen molar-refractivity contribution in [2.75, 3.05) is 52.9 Å². The molecule has 0 aromatic heterocycles. The van der Waals surface area contributed by atoms with E-state index >= 15 is 0 Å². The standard InChI is InChI=1S/C64H88N2O12/c1-37(2)53-59(71)75-21-19-73-17-18-74-20-22-76-60(72)54(38(3)4)66-52(68)36-78-58-45-25-41-29-47(61(5,6)7)27-39(55(41)69)23-43-31-49(63(11,12)13)32-44(57(43)77-35-51(67)65-53)24-40-28-48(62(8,9)10)30-42(56(40)70)26-46(58)34-50(33-45)64(14,15)16/h27-34,37-38,53-54,69-70H,17-26,35-36H2,1-16H3,(H,65,67)(H,66,68)/t53-,54+. The van der Waals surface area contributed by atoms with Crippen LogP contribution in [0.4, 0.5) is 0 Å². The Bertz CT molecular complexity index is 2530. The van der Waals surface area contributed by atoms with E-state index in [1.165, 1.54) is 0 Å². The highest BCUT2D eigenvalue weighted by Gasteiger charge is 2.32. The molecule has 0 saturated carbocycles. The Kier molecular flexibility index (Phi) is 19.5. The molecule has 0 fully saturated rings. The normalized spacial score (nSPS) is 18.6. The van der Waals surface area contributed by atoms with Crippen LogP contribution in [0.2, 0.25) is 0 Å². The van der Waals surface area contributed by atoms with E-state index < -0.39 is 49.1 Å². The van der Waals surface area contributed by atoms with Crippen molar-refractivity contribution < 1.29 is 57.8 Å². The van der Waals surface area contributed by atoms with Crippen LogP contribution in [0.1, 0.15) is 178 Å². The van der Waals surface area contributed by atoms with Gasteiger partial charge in [-0.1, -0.05) is 159 Å². The van der Waals surface area contributed by atoms with Crippen LogP contribution >= 0.6 is 0 Å². The zero-order valence-electron chi connectivity index (χ0n) is 49.4. The van der Waals surface area contributed by atoms with Gasteiger partial charge in [0.05, 0.1) is 26.4 Å². The second-order valence-corrected chi connectivity index (χ2v) is 26.0. The topological polar surface area (TPSA) is 188 Å². The predicted molar refractivity (Wildman–Crippen MR) is 303 cm³/mol. The van der Waals surface area contributed by atoms with Gasteiger partial charge in [0.1, 0.15) is 48.3 Å². The first-order valence-corrected chi connectivity index (χ1v) is 27.7. The van der Waals surface area contributed by atoms with Crippen LogP contribution in [0.25, 0.3) is 0 Å². The number of carbonyl (C=O) groups is 4. The summed E-state index contributed by atoms with van der Waals surface area (Å²) < 4.78 is 35.8. The van der Waals surface area contributed by atoms with E-state index in [0.29, 0.717) is 56.0 Å². The van der Waals surface area contributed by atoms with Crippen molar-refractivity contribution in [3.63, 3.8) is 0 Å². The first-order valence-electron chi connectivity index (χ1n) is 27.7. The number of hydrogen-bond acceptors (Lipinski definition) is 12. The number of benzene rings is 4. The number of phenolic OH excluding ortho intramolecular Hbond substituents is 2. The molecule has 426 valence electrons. The maximum atomic E-state index is 14.1. The number of nitrogens with one attached hydrogen (secondary N) is 2. The van der Waals surface area contributed by atoms with E-state index in [2.05, 4.69) is 118 Å². The van der Waals surface area contributed by atoms with Crippen molar-refractivity contribution in [3.8, 4) is 23.0 Å². The molecule has 14 nitrogen and oxygen atoms in total. The molecule has 4 N–H and O–H groups in total. The Balaban J connectivity index is 1.64. The molecule has 2 aliphatic rings. The SMILES string of the molecule is CC(C)[C@@H]1NC(=O)COc2c3cc(C(C)(C)C)cc2Cc2cc(C(C)(C)C)cc(c2O)Cc2cc(C(C)(C)C)cc(c2OCC(=O)N[C@H](C(C)C)C(=O)OCCOCCOCCOC1=O)Cc1cc(C(C)(C)C)cc(c1O)C3. The van der Waals surface area contributed by atoms with Crippen molar-refractivity contribution >= 4 is 23.8 Å². The van der Waals surface area contributed by atoms with Crippen LogP contribution in [-0.2, 0) is 85.5 Å². The molecule has 1 aliphatic carbocycles. The van der Waals surface area contributed by atoms with Crippen LogP contribution < -0.4 is 20.1 Å². The molecule has 0 spiro atoms. The average molecular weight is 1080 g/mol. The Morgan fingerprint density at radius 2 is 0.641 bits per heavy atom. The Hall–Kier alpha value is -6.12. The van der Waals surface area contributed by atoms with Gasteiger partial charge in [-0.2, -0.15) is 0 Å². The monoisotopic (exact) mass is 1080 g/mol. The van der Waals surface area contributed by atoms with Gasteiger partial charge in [0.2, 0.25) is 0 Å². The second kappa shape index (κ2) is 24.9. The third-order valence-corrected chi connectivity index (χ3v) is 14.5.